The summed E-state index contributed by atoms with van der Waals surface area (Å²) in [6.45, 7) is 6.24. The Morgan fingerprint density at radius 1 is 0.833 bits per heavy atom. The second-order valence-electron chi connectivity index (χ2n) is 6.21. The normalized spacial score (nSPS) is 15.5. The van der Waals surface area contributed by atoms with Gasteiger partial charge in [0.05, 0.1) is 5.69 Å². The minimum absolute atomic E-state index is 0.796. The molecular formula is C20H27N3O. The molecule has 2 aromatic rings. The van der Waals surface area contributed by atoms with Crippen molar-refractivity contribution in [2.24, 2.45) is 5.73 Å². The van der Waals surface area contributed by atoms with E-state index in [4.69, 9.17) is 10.5 Å². The number of hydrogen-bond donors (Lipinski definition) is 1. The summed E-state index contributed by atoms with van der Waals surface area (Å²) in [6.07, 6.45) is 2.32. The van der Waals surface area contributed by atoms with Gasteiger partial charge in [0, 0.05) is 26.2 Å². The van der Waals surface area contributed by atoms with Crippen molar-refractivity contribution < 1.29 is 4.74 Å². The third-order valence-electron chi connectivity index (χ3n) is 4.48. The average molecular weight is 325 g/mol. The molecule has 0 aliphatic carbocycles. The Labute approximate surface area is 144 Å². The molecule has 128 valence electrons. The number of hydrogen-bond acceptors (Lipinski definition) is 4. The van der Waals surface area contributed by atoms with E-state index in [1.54, 1.807) is 0 Å². The van der Waals surface area contributed by atoms with Gasteiger partial charge >= 0.3 is 0 Å². The lowest BCUT2D eigenvalue weighted by Gasteiger charge is -2.36. The Morgan fingerprint density at radius 2 is 1.54 bits per heavy atom. The lowest BCUT2D eigenvalue weighted by Crippen LogP contribution is -2.46. The number of benzene rings is 2. The van der Waals surface area contributed by atoms with Gasteiger partial charge in [-0.1, -0.05) is 30.3 Å². The van der Waals surface area contributed by atoms with Crippen LogP contribution in [0.25, 0.3) is 0 Å². The summed E-state index contributed by atoms with van der Waals surface area (Å²) in [7, 11) is 0. The van der Waals surface area contributed by atoms with Crippen LogP contribution in [0.15, 0.2) is 54.6 Å². The highest BCUT2D eigenvalue weighted by molar-refractivity contribution is 5.59. The molecule has 4 nitrogen and oxygen atoms in total. The van der Waals surface area contributed by atoms with Gasteiger partial charge in [0.15, 0.2) is 5.75 Å². The first-order valence-corrected chi connectivity index (χ1v) is 8.86. The van der Waals surface area contributed by atoms with Gasteiger partial charge in [-0.25, -0.2) is 0 Å². The molecule has 3 rings (SSSR count). The molecule has 2 aromatic carbocycles. The van der Waals surface area contributed by atoms with Crippen molar-refractivity contribution in [3.05, 3.63) is 54.6 Å². The molecule has 0 amide bonds. The van der Waals surface area contributed by atoms with Gasteiger partial charge in [0.25, 0.3) is 0 Å². The molecular weight excluding hydrogens is 298 g/mol. The van der Waals surface area contributed by atoms with Crippen LogP contribution in [0.5, 0.6) is 11.5 Å². The number of piperazine rings is 1. The average Bonchev–Trinajstić information content (AvgIpc) is 2.64. The molecule has 1 saturated heterocycles. The van der Waals surface area contributed by atoms with Crippen molar-refractivity contribution in [1.82, 2.24) is 4.90 Å². The highest BCUT2D eigenvalue weighted by Crippen LogP contribution is 2.32. The first-order valence-electron chi connectivity index (χ1n) is 8.86. The van der Waals surface area contributed by atoms with Crippen LogP contribution in [-0.2, 0) is 0 Å². The van der Waals surface area contributed by atoms with Crippen LogP contribution in [0.1, 0.15) is 12.8 Å². The molecule has 0 unspecified atom stereocenters. The van der Waals surface area contributed by atoms with E-state index in [1.807, 2.05) is 36.4 Å². The van der Waals surface area contributed by atoms with E-state index in [9.17, 15) is 0 Å². The molecule has 0 bridgehead atoms. The van der Waals surface area contributed by atoms with Crippen LogP contribution < -0.4 is 15.4 Å². The number of nitrogens with two attached hydrogens (primary N) is 1. The zero-order chi connectivity index (χ0) is 16.6. The number of ether oxygens (including phenoxy) is 1. The molecule has 24 heavy (non-hydrogen) atoms. The van der Waals surface area contributed by atoms with E-state index in [0.717, 1.165) is 57.2 Å². The lowest BCUT2D eigenvalue weighted by atomic mass is 10.2. The van der Waals surface area contributed by atoms with Gasteiger partial charge < -0.3 is 15.4 Å². The van der Waals surface area contributed by atoms with Gasteiger partial charge in [-0.05, 0) is 50.2 Å². The van der Waals surface area contributed by atoms with Gasteiger partial charge in [0.2, 0.25) is 0 Å². The van der Waals surface area contributed by atoms with Crippen molar-refractivity contribution >= 4 is 5.69 Å². The number of para-hydroxylation sites is 3. The molecule has 2 N–H and O–H groups in total. The van der Waals surface area contributed by atoms with Crippen molar-refractivity contribution in [2.75, 3.05) is 44.2 Å². The summed E-state index contributed by atoms with van der Waals surface area (Å²) in [6, 6.07) is 18.3. The van der Waals surface area contributed by atoms with E-state index in [-0.39, 0.29) is 0 Å². The fraction of sp³-hybridized carbons (Fsp3) is 0.400. The molecule has 0 saturated carbocycles. The first-order chi connectivity index (χ1) is 11.9. The van der Waals surface area contributed by atoms with Crippen molar-refractivity contribution in [3.8, 4) is 11.5 Å². The summed E-state index contributed by atoms with van der Waals surface area (Å²) in [5.74, 6) is 1.81. The van der Waals surface area contributed by atoms with Crippen molar-refractivity contribution in [3.63, 3.8) is 0 Å². The largest absolute Gasteiger partial charge is 0.455 e. The molecule has 1 aliphatic rings. The van der Waals surface area contributed by atoms with Gasteiger partial charge in [0.1, 0.15) is 5.75 Å². The van der Waals surface area contributed by atoms with Gasteiger partial charge in [-0.3, -0.25) is 4.90 Å². The van der Waals surface area contributed by atoms with Gasteiger partial charge in [-0.15, -0.1) is 0 Å². The van der Waals surface area contributed by atoms with Crippen molar-refractivity contribution in [1.29, 1.82) is 0 Å². The zero-order valence-corrected chi connectivity index (χ0v) is 14.2. The summed E-state index contributed by atoms with van der Waals surface area (Å²) in [5, 5.41) is 0. The van der Waals surface area contributed by atoms with Crippen LogP contribution in [0, 0.1) is 0 Å². The number of rotatable bonds is 7. The second kappa shape index (κ2) is 8.71. The van der Waals surface area contributed by atoms with E-state index in [0.29, 0.717) is 0 Å². The summed E-state index contributed by atoms with van der Waals surface area (Å²) in [4.78, 5) is 4.96. The zero-order valence-electron chi connectivity index (χ0n) is 14.2. The Bertz CT molecular complexity index is 609. The summed E-state index contributed by atoms with van der Waals surface area (Å²) >= 11 is 0. The Morgan fingerprint density at radius 3 is 2.29 bits per heavy atom. The lowest BCUT2D eigenvalue weighted by molar-refractivity contribution is 0.253. The van der Waals surface area contributed by atoms with Crippen LogP contribution >= 0.6 is 0 Å². The molecule has 1 heterocycles. The fourth-order valence-corrected chi connectivity index (χ4v) is 3.11. The highest BCUT2D eigenvalue weighted by Gasteiger charge is 2.19. The highest BCUT2D eigenvalue weighted by atomic mass is 16.5. The van der Waals surface area contributed by atoms with Gasteiger partial charge in [-0.2, -0.15) is 0 Å². The third-order valence-corrected chi connectivity index (χ3v) is 4.48. The predicted molar refractivity (Wildman–Crippen MR) is 99.9 cm³/mol. The Hall–Kier alpha value is -2.04. The molecule has 0 radical (unpaired) electrons. The first kappa shape index (κ1) is 16.8. The SMILES string of the molecule is NCCCCN1CCN(c2ccccc2Oc2ccccc2)CC1. The third kappa shape index (κ3) is 4.49. The second-order valence-corrected chi connectivity index (χ2v) is 6.21. The molecule has 1 fully saturated rings. The molecule has 4 heteroatoms. The Balaban J connectivity index is 1.61. The van der Waals surface area contributed by atoms with Crippen LogP contribution in [0.3, 0.4) is 0 Å². The quantitative estimate of drug-likeness (QED) is 0.793. The predicted octanol–water partition coefficient (Wildman–Crippen LogP) is 3.34. The van der Waals surface area contributed by atoms with Crippen LogP contribution in [0.4, 0.5) is 5.69 Å². The maximum Gasteiger partial charge on any atom is 0.150 e. The number of nitrogens with zero attached hydrogens (tertiary/aromatic N) is 2. The van der Waals surface area contributed by atoms with Crippen LogP contribution in [0.2, 0.25) is 0 Å². The van der Waals surface area contributed by atoms with E-state index >= 15 is 0 Å². The fourth-order valence-electron chi connectivity index (χ4n) is 3.11. The van der Waals surface area contributed by atoms with E-state index in [2.05, 4.69) is 28.0 Å². The minimum atomic E-state index is 0.796. The minimum Gasteiger partial charge on any atom is -0.455 e. The topological polar surface area (TPSA) is 41.7 Å². The Kier molecular flexibility index (Phi) is 6.10. The maximum absolute atomic E-state index is 6.10. The number of anilines is 1. The monoisotopic (exact) mass is 325 g/mol. The van der Waals surface area contributed by atoms with E-state index < -0.39 is 0 Å². The molecule has 0 atom stereocenters. The van der Waals surface area contributed by atoms with Crippen LogP contribution in [-0.4, -0.2) is 44.2 Å². The molecule has 0 spiro atoms. The van der Waals surface area contributed by atoms with Crippen molar-refractivity contribution in [2.45, 2.75) is 12.8 Å². The smallest absolute Gasteiger partial charge is 0.150 e. The maximum atomic E-state index is 6.10. The standard InChI is InChI=1S/C20H27N3O/c21-12-6-7-13-22-14-16-23(17-15-22)19-10-4-5-11-20(19)24-18-8-2-1-3-9-18/h1-5,8-11H,6-7,12-17,21H2. The number of unbranched alkanes of at least 4 members (excludes halogenated alkanes) is 1. The van der Waals surface area contributed by atoms with E-state index in [1.165, 1.54) is 12.1 Å². The molecule has 0 aromatic heterocycles. The summed E-state index contributed by atoms with van der Waals surface area (Å²) in [5.41, 5.74) is 6.76. The summed E-state index contributed by atoms with van der Waals surface area (Å²) < 4.78 is 6.10. The molecule has 1 aliphatic heterocycles.